The quantitative estimate of drug-likeness (QED) is 0.507. The Morgan fingerprint density at radius 1 is 1.10 bits per heavy atom. The van der Waals surface area contributed by atoms with E-state index in [1.54, 1.807) is 41.1 Å². The van der Waals surface area contributed by atoms with E-state index in [0.29, 0.717) is 29.1 Å². The van der Waals surface area contributed by atoms with Crippen molar-refractivity contribution in [2.45, 2.75) is 26.0 Å². The van der Waals surface area contributed by atoms with Crippen LogP contribution in [0.5, 0.6) is 5.75 Å². The van der Waals surface area contributed by atoms with E-state index in [0.717, 1.165) is 5.56 Å². The van der Waals surface area contributed by atoms with Crippen LogP contribution in [0.25, 0.3) is 5.65 Å². The minimum absolute atomic E-state index is 0.204. The van der Waals surface area contributed by atoms with Crippen LogP contribution in [0.4, 0.5) is 4.39 Å². The summed E-state index contributed by atoms with van der Waals surface area (Å²) < 4.78 is 22.1. The molecule has 1 N–H and O–H groups in total. The number of hydrogen-bond acceptors (Lipinski definition) is 3. The molecule has 0 saturated heterocycles. The van der Waals surface area contributed by atoms with E-state index in [2.05, 4.69) is 10.3 Å². The van der Waals surface area contributed by atoms with Gasteiger partial charge in [0.2, 0.25) is 0 Å². The van der Waals surface area contributed by atoms with Crippen LogP contribution < -0.4 is 10.1 Å². The Hall–Kier alpha value is -3.67. The molecular weight excluding hydrogens is 381 g/mol. The van der Waals surface area contributed by atoms with Gasteiger partial charge in [-0.1, -0.05) is 30.3 Å². The topological polar surface area (TPSA) is 55.6 Å². The van der Waals surface area contributed by atoms with Gasteiger partial charge in [0.05, 0.1) is 5.56 Å². The number of fused-ring (bicyclic) bond motifs is 1. The smallest absolute Gasteiger partial charge is 0.255 e. The number of nitrogens with zero attached hydrogens (tertiary/aromatic N) is 2. The lowest BCUT2D eigenvalue weighted by molar-refractivity contribution is 0.0950. The molecule has 1 amide bonds. The molecule has 0 atom stereocenters. The van der Waals surface area contributed by atoms with Crippen LogP contribution in [0, 0.1) is 5.82 Å². The molecule has 0 fully saturated rings. The van der Waals surface area contributed by atoms with Crippen LogP contribution in [0.1, 0.15) is 35.3 Å². The normalized spacial score (nSPS) is 11.4. The number of imidazole rings is 1. The second kappa shape index (κ2) is 7.99. The van der Waals surface area contributed by atoms with Gasteiger partial charge in [0.1, 0.15) is 22.8 Å². The number of ether oxygens (including phenoxy) is 1. The van der Waals surface area contributed by atoms with E-state index in [4.69, 9.17) is 4.74 Å². The average molecular weight is 403 g/mol. The second-order valence-electron chi connectivity index (χ2n) is 7.50. The zero-order chi connectivity index (χ0) is 21.1. The molecule has 0 aliphatic heterocycles. The maximum atomic E-state index is 14.2. The summed E-state index contributed by atoms with van der Waals surface area (Å²) in [4.78, 5) is 16.9. The van der Waals surface area contributed by atoms with Gasteiger partial charge in [0, 0.05) is 30.7 Å². The summed E-state index contributed by atoms with van der Waals surface area (Å²) in [6, 6.07) is 17.6. The lowest BCUT2D eigenvalue weighted by atomic mass is 9.97. The maximum Gasteiger partial charge on any atom is 0.255 e. The Balaban J connectivity index is 1.47. The Morgan fingerprint density at radius 2 is 1.93 bits per heavy atom. The molecule has 0 aliphatic rings. The first-order valence-corrected chi connectivity index (χ1v) is 9.67. The van der Waals surface area contributed by atoms with Gasteiger partial charge in [-0.2, -0.15) is 0 Å². The highest BCUT2D eigenvalue weighted by Crippen LogP contribution is 2.29. The van der Waals surface area contributed by atoms with Crippen molar-refractivity contribution in [2.24, 2.45) is 0 Å². The monoisotopic (exact) mass is 403 g/mol. The summed E-state index contributed by atoms with van der Waals surface area (Å²) >= 11 is 0. The number of amides is 1. The van der Waals surface area contributed by atoms with Gasteiger partial charge < -0.3 is 14.5 Å². The number of aromatic nitrogens is 2. The Kier molecular flexibility index (Phi) is 5.23. The van der Waals surface area contributed by atoms with Crippen LogP contribution in [-0.4, -0.2) is 15.3 Å². The predicted octanol–water partition coefficient (Wildman–Crippen LogP) is 4.72. The minimum Gasteiger partial charge on any atom is -0.483 e. The molecule has 0 radical (unpaired) electrons. The molecule has 0 bridgehead atoms. The summed E-state index contributed by atoms with van der Waals surface area (Å²) in [6.45, 7) is 3.98. The second-order valence-corrected chi connectivity index (χ2v) is 7.50. The van der Waals surface area contributed by atoms with Crippen molar-refractivity contribution >= 4 is 11.6 Å². The number of halogens is 1. The highest BCUT2D eigenvalue weighted by molar-refractivity contribution is 5.99. The molecule has 2 heterocycles. The van der Waals surface area contributed by atoms with Crippen molar-refractivity contribution in [2.75, 3.05) is 0 Å². The third-order valence-corrected chi connectivity index (χ3v) is 4.91. The summed E-state index contributed by atoms with van der Waals surface area (Å²) in [5, 5.41) is 2.92. The molecule has 30 heavy (non-hydrogen) atoms. The van der Waals surface area contributed by atoms with E-state index >= 15 is 0 Å². The molecule has 2 aromatic carbocycles. The molecular formula is C24H22FN3O2. The third kappa shape index (κ3) is 4.03. The van der Waals surface area contributed by atoms with Crippen LogP contribution >= 0.6 is 0 Å². The van der Waals surface area contributed by atoms with Crippen LogP contribution in [0.2, 0.25) is 0 Å². The van der Waals surface area contributed by atoms with Crippen LogP contribution in [-0.2, 0) is 12.1 Å². The molecule has 5 nitrogen and oxygen atoms in total. The Bertz CT molecular complexity index is 1200. The Labute approximate surface area is 174 Å². The third-order valence-electron chi connectivity index (χ3n) is 4.91. The van der Waals surface area contributed by atoms with E-state index in [1.165, 1.54) is 6.07 Å². The zero-order valence-electron chi connectivity index (χ0n) is 16.8. The van der Waals surface area contributed by atoms with Crippen molar-refractivity contribution in [3.63, 3.8) is 0 Å². The lowest BCUT2D eigenvalue weighted by Crippen LogP contribution is -2.27. The van der Waals surface area contributed by atoms with Gasteiger partial charge in [-0.25, -0.2) is 9.37 Å². The molecule has 4 aromatic rings. The van der Waals surface area contributed by atoms with E-state index in [1.807, 2.05) is 50.4 Å². The van der Waals surface area contributed by atoms with Crippen molar-refractivity contribution in [1.82, 2.24) is 14.7 Å². The standard InChI is InChI=1S/C24H22FN3O2/c1-24(2,20-10-3-4-11-21(20)25)30-18-8-5-7-17(15-18)16-27-23(29)19-9-6-13-28-14-12-26-22(19)28/h3-15H,16H2,1-2H3,(H,27,29). The highest BCUT2D eigenvalue weighted by atomic mass is 19.1. The van der Waals surface area contributed by atoms with Crippen molar-refractivity contribution in [1.29, 1.82) is 0 Å². The average Bonchev–Trinajstić information content (AvgIpc) is 3.21. The van der Waals surface area contributed by atoms with Gasteiger partial charge in [0.15, 0.2) is 0 Å². The van der Waals surface area contributed by atoms with Gasteiger partial charge in [-0.3, -0.25) is 4.79 Å². The van der Waals surface area contributed by atoms with Crippen molar-refractivity contribution in [3.8, 4) is 5.75 Å². The molecule has 6 heteroatoms. The van der Waals surface area contributed by atoms with Gasteiger partial charge in [-0.05, 0) is 49.7 Å². The fraction of sp³-hybridized carbons (Fsp3) is 0.167. The number of rotatable bonds is 6. The van der Waals surface area contributed by atoms with Crippen LogP contribution in [0.3, 0.4) is 0 Å². The number of hydrogen-bond donors (Lipinski definition) is 1. The molecule has 2 aromatic heterocycles. The van der Waals surface area contributed by atoms with Gasteiger partial charge >= 0.3 is 0 Å². The molecule has 0 spiro atoms. The number of carbonyl (C=O) groups excluding carboxylic acids is 1. The summed E-state index contributed by atoms with van der Waals surface area (Å²) in [5.74, 6) is 0.0919. The molecule has 152 valence electrons. The highest BCUT2D eigenvalue weighted by Gasteiger charge is 2.26. The van der Waals surface area contributed by atoms with Crippen LogP contribution in [0.15, 0.2) is 79.3 Å². The van der Waals surface area contributed by atoms with E-state index in [-0.39, 0.29) is 11.7 Å². The van der Waals surface area contributed by atoms with E-state index < -0.39 is 5.60 Å². The maximum absolute atomic E-state index is 14.2. The fourth-order valence-corrected chi connectivity index (χ4v) is 3.42. The molecule has 0 unspecified atom stereocenters. The zero-order valence-corrected chi connectivity index (χ0v) is 16.8. The number of carbonyl (C=O) groups is 1. The van der Waals surface area contributed by atoms with Gasteiger partial charge in [0.25, 0.3) is 5.91 Å². The number of pyridine rings is 1. The summed E-state index contributed by atoms with van der Waals surface area (Å²) in [6.07, 6.45) is 5.30. The lowest BCUT2D eigenvalue weighted by Gasteiger charge is -2.27. The summed E-state index contributed by atoms with van der Waals surface area (Å²) in [5.41, 5.74) is 1.63. The first-order chi connectivity index (χ1) is 14.4. The summed E-state index contributed by atoms with van der Waals surface area (Å²) in [7, 11) is 0. The van der Waals surface area contributed by atoms with Gasteiger partial charge in [-0.15, -0.1) is 0 Å². The van der Waals surface area contributed by atoms with Crippen molar-refractivity contribution in [3.05, 3.63) is 102 Å². The van der Waals surface area contributed by atoms with Crippen molar-refractivity contribution < 1.29 is 13.9 Å². The minimum atomic E-state index is -0.844. The number of nitrogens with one attached hydrogen (secondary N) is 1. The first-order valence-electron chi connectivity index (χ1n) is 9.67. The first kappa shape index (κ1) is 19.6. The Morgan fingerprint density at radius 3 is 2.77 bits per heavy atom. The predicted molar refractivity (Wildman–Crippen MR) is 113 cm³/mol. The number of benzene rings is 2. The van der Waals surface area contributed by atoms with E-state index in [9.17, 15) is 9.18 Å². The molecule has 0 aliphatic carbocycles. The largest absolute Gasteiger partial charge is 0.483 e. The molecule has 0 saturated carbocycles. The molecule has 4 rings (SSSR count). The SMILES string of the molecule is CC(C)(Oc1cccc(CNC(=O)c2cccn3ccnc23)c1)c1ccccc1F. The fourth-order valence-electron chi connectivity index (χ4n) is 3.42.